The summed E-state index contributed by atoms with van der Waals surface area (Å²) in [6.07, 6.45) is 0. The summed E-state index contributed by atoms with van der Waals surface area (Å²) in [5, 5.41) is 19.4. The van der Waals surface area contributed by atoms with Crippen molar-refractivity contribution < 1.29 is 9.53 Å². The highest BCUT2D eigenvalue weighted by Gasteiger charge is 2.07. The molecule has 0 radical (unpaired) electrons. The Labute approximate surface area is 110 Å². The number of nitrogens with zero attached hydrogens (tertiary/aromatic N) is 2. The van der Waals surface area contributed by atoms with Crippen molar-refractivity contribution in [1.29, 1.82) is 10.7 Å². The maximum absolute atomic E-state index is 11.5. The third kappa shape index (κ3) is 4.12. The first-order valence-electron chi connectivity index (χ1n) is 5.43. The molecule has 0 aliphatic heterocycles. The van der Waals surface area contributed by atoms with Crippen LogP contribution in [-0.4, -0.2) is 24.1 Å². The van der Waals surface area contributed by atoms with Crippen LogP contribution in [0.2, 0.25) is 0 Å². The summed E-state index contributed by atoms with van der Waals surface area (Å²) >= 11 is 0. The van der Waals surface area contributed by atoms with Gasteiger partial charge in [0.05, 0.1) is 17.9 Å². The lowest BCUT2D eigenvalue weighted by molar-refractivity contribution is 0.0526. The van der Waals surface area contributed by atoms with Gasteiger partial charge < -0.3 is 10.5 Å². The summed E-state index contributed by atoms with van der Waals surface area (Å²) in [6.45, 7) is 2.01. The molecule has 0 fully saturated rings. The Kier molecular flexibility index (Phi) is 5.04. The second-order valence-corrected chi connectivity index (χ2v) is 3.40. The quantitative estimate of drug-likeness (QED) is 0.316. The van der Waals surface area contributed by atoms with Crippen LogP contribution in [0.5, 0.6) is 0 Å². The molecule has 7 heteroatoms. The van der Waals surface area contributed by atoms with Crippen LogP contribution in [0.25, 0.3) is 0 Å². The van der Waals surface area contributed by atoms with Gasteiger partial charge in [-0.15, -0.1) is 0 Å². The number of rotatable bonds is 5. The van der Waals surface area contributed by atoms with E-state index in [9.17, 15) is 4.79 Å². The average Bonchev–Trinajstić information content (AvgIpc) is 2.39. The van der Waals surface area contributed by atoms with E-state index in [1.54, 1.807) is 31.2 Å². The van der Waals surface area contributed by atoms with Gasteiger partial charge in [-0.1, -0.05) is 6.07 Å². The number of hydrogen-bond donors (Lipinski definition) is 3. The molecule has 0 unspecified atom stereocenters. The highest BCUT2D eigenvalue weighted by Crippen LogP contribution is 2.11. The zero-order valence-electron chi connectivity index (χ0n) is 10.3. The van der Waals surface area contributed by atoms with Crippen LogP contribution in [0.15, 0.2) is 29.4 Å². The topological polar surface area (TPSA) is 124 Å². The molecule has 4 N–H and O–H groups in total. The monoisotopic (exact) mass is 259 g/mol. The van der Waals surface area contributed by atoms with E-state index in [0.29, 0.717) is 11.3 Å². The van der Waals surface area contributed by atoms with Crippen LogP contribution in [0.3, 0.4) is 0 Å². The van der Waals surface area contributed by atoms with Gasteiger partial charge in [0.15, 0.2) is 5.84 Å². The van der Waals surface area contributed by atoms with Crippen LogP contribution in [0.4, 0.5) is 5.69 Å². The number of esters is 1. The van der Waals surface area contributed by atoms with Crippen LogP contribution in [0, 0.1) is 16.7 Å². The number of benzene rings is 1. The van der Waals surface area contributed by atoms with Crippen LogP contribution < -0.4 is 11.2 Å². The molecule has 0 atom stereocenters. The van der Waals surface area contributed by atoms with Crippen molar-refractivity contribution in [1.82, 2.24) is 0 Å². The molecular weight excluding hydrogens is 246 g/mol. The van der Waals surface area contributed by atoms with E-state index in [1.807, 2.05) is 0 Å². The number of hydrogen-bond acceptors (Lipinski definition) is 6. The molecule has 1 rings (SSSR count). The molecule has 1 aromatic carbocycles. The van der Waals surface area contributed by atoms with Crippen LogP contribution >= 0.6 is 0 Å². The molecule has 98 valence electrons. The third-order valence-corrected chi connectivity index (χ3v) is 2.03. The Balaban J connectivity index is 2.87. The molecule has 0 bridgehead atoms. The van der Waals surface area contributed by atoms with E-state index in [2.05, 4.69) is 10.5 Å². The van der Waals surface area contributed by atoms with E-state index in [4.69, 9.17) is 21.1 Å². The van der Waals surface area contributed by atoms with Crippen molar-refractivity contribution in [2.75, 3.05) is 12.0 Å². The van der Waals surface area contributed by atoms with E-state index in [1.165, 1.54) is 6.07 Å². The summed E-state index contributed by atoms with van der Waals surface area (Å²) in [5.74, 6) is -0.876. The van der Waals surface area contributed by atoms with E-state index in [0.717, 1.165) is 0 Å². The fourth-order valence-corrected chi connectivity index (χ4v) is 1.20. The average molecular weight is 259 g/mol. The summed E-state index contributed by atoms with van der Waals surface area (Å²) in [6, 6.07) is 8.10. The number of nitrogens with two attached hydrogens (primary N) is 1. The first-order valence-corrected chi connectivity index (χ1v) is 5.43. The molecule has 0 aliphatic carbocycles. The fourth-order valence-electron chi connectivity index (χ4n) is 1.20. The second-order valence-electron chi connectivity index (χ2n) is 3.40. The molecule has 0 aromatic heterocycles. The van der Waals surface area contributed by atoms with E-state index >= 15 is 0 Å². The minimum Gasteiger partial charge on any atom is -0.462 e. The van der Waals surface area contributed by atoms with Crippen molar-refractivity contribution in [3.63, 3.8) is 0 Å². The Hall–Kier alpha value is -2.88. The van der Waals surface area contributed by atoms with Crippen molar-refractivity contribution >= 4 is 23.2 Å². The van der Waals surface area contributed by atoms with Crippen molar-refractivity contribution in [2.24, 2.45) is 10.8 Å². The van der Waals surface area contributed by atoms with Gasteiger partial charge in [0.25, 0.3) is 0 Å². The number of nitrogens with one attached hydrogen (secondary N) is 2. The van der Waals surface area contributed by atoms with Crippen LogP contribution in [-0.2, 0) is 4.74 Å². The Morgan fingerprint density at radius 2 is 2.37 bits per heavy atom. The van der Waals surface area contributed by atoms with Crippen molar-refractivity contribution in [2.45, 2.75) is 6.92 Å². The number of carbonyl (C=O) groups is 1. The number of carbonyl (C=O) groups excluding carboxylic acids is 1. The second kappa shape index (κ2) is 6.76. The first kappa shape index (κ1) is 14.2. The minimum absolute atomic E-state index is 0.235. The number of ether oxygens (including phenoxy) is 1. The number of anilines is 1. The zero-order valence-corrected chi connectivity index (χ0v) is 10.3. The summed E-state index contributed by atoms with van der Waals surface area (Å²) < 4.78 is 4.86. The minimum atomic E-state index is -0.442. The number of nitriles is 1. The van der Waals surface area contributed by atoms with Gasteiger partial charge in [-0.3, -0.25) is 10.8 Å². The normalized spacial score (nSPS) is 10.4. The van der Waals surface area contributed by atoms with Gasteiger partial charge in [0, 0.05) is 0 Å². The standard InChI is InChI=1S/C12H13N5O2/c1-2-19-12(18)8-4-3-5-9(6-8)16-17-10(7-13)11(14)15/h3-6,16H,2H2,1H3,(H3,14,15)/b17-10+. The highest BCUT2D eigenvalue weighted by atomic mass is 16.5. The summed E-state index contributed by atoms with van der Waals surface area (Å²) in [5.41, 5.74) is 8.31. The SMILES string of the molecule is CCOC(=O)c1cccc(N/N=C(\C#N)C(=N)N)c1. The molecule has 0 spiro atoms. The molecule has 0 aliphatic rings. The lowest BCUT2D eigenvalue weighted by Gasteiger charge is -2.04. The highest BCUT2D eigenvalue weighted by molar-refractivity contribution is 6.45. The van der Waals surface area contributed by atoms with Gasteiger partial charge in [0.2, 0.25) is 5.71 Å². The lowest BCUT2D eigenvalue weighted by Crippen LogP contribution is -2.21. The molecule has 0 saturated heterocycles. The van der Waals surface area contributed by atoms with E-state index in [-0.39, 0.29) is 12.3 Å². The van der Waals surface area contributed by atoms with Crippen LogP contribution in [0.1, 0.15) is 17.3 Å². The third-order valence-electron chi connectivity index (χ3n) is 2.03. The largest absolute Gasteiger partial charge is 0.462 e. The Morgan fingerprint density at radius 1 is 1.63 bits per heavy atom. The predicted molar refractivity (Wildman–Crippen MR) is 71.0 cm³/mol. The molecule has 0 heterocycles. The number of hydrazone groups is 1. The smallest absolute Gasteiger partial charge is 0.338 e. The fraction of sp³-hybridized carbons (Fsp3) is 0.167. The maximum Gasteiger partial charge on any atom is 0.338 e. The molecule has 1 aromatic rings. The Bertz CT molecular complexity index is 559. The van der Waals surface area contributed by atoms with Gasteiger partial charge in [-0.05, 0) is 25.1 Å². The van der Waals surface area contributed by atoms with E-state index < -0.39 is 11.8 Å². The summed E-state index contributed by atoms with van der Waals surface area (Å²) in [4.78, 5) is 11.5. The van der Waals surface area contributed by atoms with Gasteiger partial charge in [-0.25, -0.2) is 4.79 Å². The Morgan fingerprint density at radius 3 is 2.95 bits per heavy atom. The first-order chi connectivity index (χ1) is 9.08. The predicted octanol–water partition coefficient (Wildman–Crippen LogP) is 1.09. The van der Waals surface area contributed by atoms with Crippen molar-refractivity contribution in [3.05, 3.63) is 29.8 Å². The molecular formula is C12H13N5O2. The molecule has 0 amide bonds. The molecule has 7 nitrogen and oxygen atoms in total. The summed E-state index contributed by atoms with van der Waals surface area (Å²) in [7, 11) is 0. The van der Waals surface area contributed by atoms with Gasteiger partial charge in [-0.2, -0.15) is 10.4 Å². The molecule has 19 heavy (non-hydrogen) atoms. The lowest BCUT2D eigenvalue weighted by atomic mass is 10.2. The zero-order chi connectivity index (χ0) is 14.3. The molecule has 0 saturated carbocycles. The maximum atomic E-state index is 11.5. The van der Waals surface area contributed by atoms with Gasteiger partial charge >= 0.3 is 5.97 Å². The van der Waals surface area contributed by atoms with Gasteiger partial charge in [0.1, 0.15) is 6.07 Å². The van der Waals surface area contributed by atoms with Crippen molar-refractivity contribution in [3.8, 4) is 6.07 Å². The number of amidine groups is 1.